The number of nitrogens with one attached hydrogen (secondary N) is 2. The zero-order chi connectivity index (χ0) is 18.4. The third kappa shape index (κ3) is 5.10. The average molecular weight is 676 g/mol. The van der Waals surface area contributed by atoms with Gasteiger partial charge in [0.1, 0.15) is 6.61 Å². The number of aliphatic hydroxyl groups excluding tert-OH is 4. The van der Waals surface area contributed by atoms with Crippen LogP contribution in [0.3, 0.4) is 0 Å². The Morgan fingerprint density at radius 2 is 1.54 bits per heavy atom. The Labute approximate surface area is 178 Å². The van der Waals surface area contributed by atoms with E-state index in [0.29, 0.717) is 22.0 Å². The lowest BCUT2D eigenvalue weighted by Gasteiger charge is -2.20. The summed E-state index contributed by atoms with van der Waals surface area (Å²) >= 11 is 5.75. The second-order valence-electron chi connectivity index (χ2n) is 4.57. The van der Waals surface area contributed by atoms with Crippen LogP contribution >= 0.6 is 67.8 Å². The van der Waals surface area contributed by atoms with Crippen LogP contribution in [0.5, 0.6) is 0 Å². The van der Waals surface area contributed by atoms with Gasteiger partial charge in [-0.25, -0.2) is 0 Å². The van der Waals surface area contributed by atoms with Gasteiger partial charge >= 0.3 is 0 Å². The molecule has 0 heterocycles. The molecule has 0 aliphatic heterocycles. The molecule has 0 spiro atoms. The maximum Gasteiger partial charge on any atom is 0.253 e. The highest BCUT2D eigenvalue weighted by Gasteiger charge is 2.26. The van der Waals surface area contributed by atoms with Crippen molar-refractivity contribution in [1.82, 2.24) is 5.32 Å². The van der Waals surface area contributed by atoms with Crippen LogP contribution in [-0.4, -0.2) is 58.1 Å². The van der Waals surface area contributed by atoms with Crippen LogP contribution in [0.15, 0.2) is 0 Å². The first kappa shape index (κ1) is 22.2. The topological polar surface area (TPSA) is 139 Å². The Bertz CT molecular complexity index is 637. The van der Waals surface area contributed by atoms with Crippen LogP contribution in [0.2, 0.25) is 0 Å². The maximum absolute atomic E-state index is 12.5. The Kier molecular flexibility index (Phi) is 9.60. The molecule has 0 bridgehead atoms. The molecular formula is C13H15I3N2O6. The normalized spacial score (nSPS) is 10.8. The fourth-order valence-corrected chi connectivity index (χ4v) is 6.02. The van der Waals surface area contributed by atoms with Crippen molar-refractivity contribution in [1.29, 1.82) is 0 Å². The molecule has 1 rings (SSSR count). The highest BCUT2D eigenvalue weighted by Crippen LogP contribution is 2.35. The summed E-state index contributed by atoms with van der Waals surface area (Å²) in [5.74, 6) is -1.20. The van der Waals surface area contributed by atoms with Gasteiger partial charge in [0.2, 0.25) is 5.91 Å². The first-order chi connectivity index (χ1) is 11.3. The van der Waals surface area contributed by atoms with E-state index in [1.54, 1.807) is 0 Å². The van der Waals surface area contributed by atoms with E-state index in [1.165, 1.54) is 0 Å². The molecule has 0 fully saturated rings. The van der Waals surface area contributed by atoms with Crippen molar-refractivity contribution in [2.45, 2.75) is 12.6 Å². The summed E-state index contributed by atoms with van der Waals surface area (Å²) in [6.07, 6.45) is 0. The molecule has 0 saturated heterocycles. The van der Waals surface area contributed by atoms with Crippen molar-refractivity contribution in [3.05, 3.63) is 21.8 Å². The summed E-state index contributed by atoms with van der Waals surface area (Å²) in [5.41, 5.74) is 0.981. The van der Waals surface area contributed by atoms with E-state index in [0.717, 1.165) is 0 Å². The Hall–Kier alpha value is 0.190. The largest absolute Gasteiger partial charge is 0.394 e. The molecule has 24 heavy (non-hydrogen) atoms. The van der Waals surface area contributed by atoms with E-state index in [4.69, 9.17) is 15.3 Å². The summed E-state index contributed by atoms with van der Waals surface area (Å²) in [5, 5.41) is 41.7. The molecule has 1 aromatic carbocycles. The monoisotopic (exact) mass is 676 g/mol. The number of rotatable bonds is 7. The van der Waals surface area contributed by atoms with Crippen molar-refractivity contribution < 1.29 is 30.0 Å². The predicted octanol–water partition coefficient (Wildman–Crippen LogP) is 0.00650. The maximum atomic E-state index is 12.5. The summed E-state index contributed by atoms with van der Waals surface area (Å²) in [7, 11) is 0. The van der Waals surface area contributed by atoms with Gasteiger partial charge in [0, 0.05) is 12.7 Å². The van der Waals surface area contributed by atoms with Crippen LogP contribution in [0.25, 0.3) is 0 Å². The highest BCUT2D eigenvalue weighted by molar-refractivity contribution is 14.1. The third-order valence-corrected chi connectivity index (χ3v) is 6.44. The first-order valence-corrected chi connectivity index (χ1v) is 9.79. The Balaban J connectivity index is 3.45. The minimum atomic E-state index is -0.823. The molecule has 0 unspecified atom stereocenters. The molecule has 0 aliphatic carbocycles. The molecule has 2 amide bonds. The smallest absolute Gasteiger partial charge is 0.253 e. The molecule has 11 heteroatoms. The van der Waals surface area contributed by atoms with E-state index in [-0.39, 0.29) is 12.2 Å². The fraction of sp³-hybridized carbons (Fsp3) is 0.385. The molecule has 0 aromatic heterocycles. The highest BCUT2D eigenvalue weighted by atomic mass is 127. The number of carbonyl (C=O) groups excluding carboxylic acids is 2. The van der Waals surface area contributed by atoms with Gasteiger partial charge in [-0.15, -0.1) is 0 Å². The molecule has 6 N–H and O–H groups in total. The van der Waals surface area contributed by atoms with Crippen molar-refractivity contribution in [3.63, 3.8) is 0 Å². The number of aliphatic hydroxyl groups is 4. The predicted molar refractivity (Wildman–Crippen MR) is 112 cm³/mol. The molecule has 0 saturated carbocycles. The van der Waals surface area contributed by atoms with E-state index in [9.17, 15) is 14.7 Å². The number of hydrogen-bond acceptors (Lipinski definition) is 6. The quantitative estimate of drug-likeness (QED) is 0.225. The van der Waals surface area contributed by atoms with Gasteiger partial charge in [0.25, 0.3) is 5.91 Å². The number of benzene rings is 1. The molecule has 0 atom stereocenters. The van der Waals surface area contributed by atoms with Gasteiger partial charge in [-0.3, -0.25) is 9.59 Å². The van der Waals surface area contributed by atoms with E-state index >= 15 is 0 Å². The number of anilines is 1. The molecular weight excluding hydrogens is 661 g/mol. The standard InChI is InChI=1S/C13H15I3N2O6/c14-9-6(3-21)10(15)12(18-7(23)4-22)11(16)8(9)13(24)17-5(1-19)2-20/h5,19-22H,1-4H2,(H,17,24)(H,18,23). The Morgan fingerprint density at radius 1 is 0.958 bits per heavy atom. The van der Waals surface area contributed by atoms with Crippen LogP contribution in [-0.2, 0) is 11.4 Å². The lowest BCUT2D eigenvalue weighted by atomic mass is 10.1. The van der Waals surface area contributed by atoms with E-state index in [2.05, 4.69) is 10.6 Å². The lowest BCUT2D eigenvalue weighted by molar-refractivity contribution is -0.118. The molecule has 0 aliphatic rings. The van der Waals surface area contributed by atoms with Crippen molar-refractivity contribution in [2.75, 3.05) is 25.1 Å². The van der Waals surface area contributed by atoms with E-state index in [1.807, 2.05) is 67.8 Å². The van der Waals surface area contributed by atoms with E-state index < -0.39 is 37.7 Å². The second kappa shape index (κ2) is 10.4. The summed E-state index contributed by atoms with van der Waals surface area (Å²) in [6, 6.07) is -0.823. The molecule has 0 radical (unpaired) electrons. The Morgan fingerprint density at radius 3 is 2.00 bits per heavy atom. The molecule has 1 aromatic rings. The van der Waals surface area contributed by atoms with Crippen molar-refractivity contribution in [2.24, 2.45) is 0 Å². The SMILES string of the molecule is O=C(CO)Nc1c(I)c(CO)c(I)c(C(=O)NC(CO)CO)c1I. The van der Waals surface area contributed by atoms with Crippen molar-refractivity contribution >= 4 is 85.3 Å². The zero-order valence-electron chi connectivity index (χ0n) is 12.1. The number of amides is 2. The third-order valence-electron chi connectivity index (χ3n) is 2.98. The van der Waals surface area contributed by atoms with Gasteiger partial charge in [-0.2, -0.15) is 0 Å². The van der Waals surface area contributed by atoms with Gasteiger partial charge in [0.15, 0.2) is 0 Å². The number of hydrogen-bond donors (Lipinski definition) is 6. The zero-order valence-corrected chi connectivity index (χ0v) is 18.6. The van der Waals surface area contributed by atoms with Crippen LogP contribution in [0.4, 0.5) is 5.69 Å². The summed E-state index contributed by atoms with van der Waals surface area (Å²) in [4.78, 5) is 24.0. The first-order valence-electron chi connectivity index (χ1n) is 6.55. The molecule has 8 nitrogen and oxygen atoms in total. The lowest BCUT2D eigenvalue weighted by Crippen LogP contribution is -2.41. The summed E-state index contributed by atoms with van der Waals surface area (Å²) < 4.78 is 1.48. The minimum Gasteiger partial charge on any atom is -0.394 e. The van der Waals surface area contributed by atoms with Gasteiger partial charge in [-0.05, 0) is 67.8 Å². The van der Waals surface area contributed by atoms with Gasteiger partial charge < -0.3 is 31.1 Å². The van der Waals surface area contributed by atoms with Gasteiger partial charge in [0.05, 0.1) is 40.7 Å². The van der Waals surface area contributed by atoms with Gasteiger partial charge in [-0.1, -0.05) is 0 Å². The second-order valence-corrected chi connectivity index (χ2v) is 7.81. The number of halogens is 3. The van der Waals surface area contributed by atoms with Crippen LogP contribution in [0.1, 0.15) is 15.9 Å². The fourth-order valence-electron chi connectivity index (χ4n) is 1.75. The average Bonchev–Trinajstić information content (AvgIpc) is 2.56. The minimum absolute atomic E-state index is 0.209. The van der Waals surface area contributed by atoms with Crippen molar-refractivity contribution in [3.8, 4) is 0 Å². The summed E-state index contributed by atoms with van der Waals surface area (Å²) in [6.45, 7) is -1.92. The van der Waals surface area contributed by atoms with Crippen LogP contribution < -0.4 is 10.6 Å². The number of carbonyl (C=O) groups is 2. The molecule has 134 valence electrons. The van der Waals surface area contributed by atoms with Crippen LogP contribution in [0, 0.1) is 10.7 Å².